The van der Waals surface area contributed by atoms with Gasteiger partial charge in [-0.2, -0.15) is 0 Å². The van der Waals surface area contributed by atoms with E-state index >= 15 is 0 Å². The van der Waals surface area contributed by atoms with E-state index < -0.39 is 6.85 Å². The molecule has 0 bridgehead atoms. The summed E-state index contributed by atoms with van der Waals surface area (Å²) in [6.45, 7) is 27.1. The first kappa shape index (κ1) is 48.0. The van der Waals surface area contributed by atoms with Crippen LogP contribution in [0.3, 0.4) is 0 Å². The van der Waals surface area contributed by atoms with E-state index in [9.17, 15) is 0 Å². The second-order valence-corrected chi connectivity index (χ2v) is 30.9. The maximum absolute atomic E-state index is 8.58. The van der Waals surface area contributed by atoms with E-state index in [-0.39, 0.29) is 39.2 Å². The van der Waals surface area contributed by atoms with Crippen molar-refractivity contribution in [2.24, 2.45) is 0 Å². The van der Waals surface area contributed by atoms with Crippen molar-refractivity contribution in [1.82, 2.24) is 0 Å². The molecule has 0 N–H and O–H groups in total. The fourth-order valence-corrected chi connectivity index (χ4v) is 17.9. The summed E-state index contributed by atoms with van der Waals surface area (Å²) >= 11 is 3.84. The number of fused-ring (bicyclic) bond motifs is 12. The molecule has 406 valence electrons. The van der Waals surface area contributed by atoms with E-state index in [0.717, 1.165) is 67.0 Å². The summed E-state index contributed by atoms with van der Waals surface area (Å²) in [5.74, 6) is 0. The predicted molar refractivity (Wildman–Crippen MR) is 354 cm³/mol. The zero-order valence-electron chi connectivity index (χ0n) is 52.4. The largest absolute Gasteiger partial charge is 0.311 e. The molecule has 0 unspecified atom stereocenters. The van der Waals surface area contributed by atoms with Crippen molar-refractivity contribution in [2.45, 2.75) is 161 Å². The van der Waals surface area contributed by atoms with Crippen LogP contribution < -0.4 is 30.4 Å². The molecule has 4 heterocycles. The fraction of sp³-hybridized carbons (Fsp3) is 0.333. The molecule has 15 rings (SSSR count). The Hall–Kier alpha value is -6.60. The molecule has 5 aliphatic rings. The zero-order valence-corrected chi connectivity index (χ0v) is 51.0. The van der Waals surface area contributed by atoms with Crippen molar-refractivity contribution in [2.75, 3.05) is 14.7 Å². The molecule has 0 amide bonds. The van der Waals surface area contributed by atoms with Gasteiger partial charge in [0.15, 0.2) is 0 Å². The number of hydrogen-bond acceptors (Lipinski definition) is 5. The third kappa shape index (κ3) is 7.63. The molecule has 0 saturated carbocycles. The minimum absolute atomic E-state index is 0.0210. The lowest BCUT2D eigenvalue weighted by molar-refractivity contribution is 0.332. The van der Waals surface area contributed by atoms with Gasteiger partial charge in [0, 0.05) is 79.0 Å². The number of rotatable bonds is 5. The van der Waals surface area contributed by atoms with E-state index in [1.54, 1.807) is 0 Å². The number of nitrogens with zero attached hydrogens (tertiary/aromatic N) is 3. The molecule has 0 radical (unpaired) electrons. The Morgan fingerprint density at radius 1 is 0.407 bits per heavy atom. The second kappa shape index (κ2) is 17.2. The van der Waals surface area contributed by atoms with E-state index in [1.165, 1.54) is 102 Å². The molecule has 6 heteroatoms. The molecule has 0 saturated heterocycles. The molecule has 3 nitrogen and oxygen atoms in total. The van der Waals surface area contributed by atoms with Crippen LogP contribution in [0.4, 0.5) is 51.2 Å². The highest BCUT2D eigenvalue weighted by Gasteiger charge is 2.50. The first-order valence-electron chi connectivity index (χ1n) is 31.3. The van der Waals surface area contributed by atoms with Gasteiger partial charge >= 0.3 is 0 Å². The quantitative estimate of drug-likeness (QED) is 0.159. The van der Waals surface area contributed by atoms with Crippen LogP contribution >= 0.6 is 22.7 Å². The molecular weight excluding hydrogens is 1020 g/mol. The van der Waals surface area contributed by atoms with Crippen molar-refractivity contribution in [1.29, 1.82) is 0 Å². The lowest BCUT2D eigenvalue weighted by Gasteiger charge is -2.48. The van der Waals surface area contributed by atoms with Crippen LogP contribution in [0.5, 0.6) is 0 Å². The number of para-hydroxylation sites is 1. The lowest BCUT2D eigenvalue weighted by Crippen LogP contribution is -2.61. The van der Waals surface area contributed by atoms with Crippen molar-refractivity contribution in [3.05, 3.63) is 191 Å². The van der Waals surface area contributed by atoms with Gasteiger partial charge in [0.25, 0.3) is 6.71 Å². The third-order valence-corrected chi connectivity index (χ3v) is 23.0. The molecule has 0 spiro atoms. The predicted octanol–water partition coefficient (Wildman–Crippen LogP) is 20.2. The molecule has 2 aliphatic heterocycles. The van der Waals surface area contributed by atoms with Gasteiger partial charge in [-0.05, 0) is 207 Å². The Morgan fingerprint density at radius 2 is 0.951 bits per heavy atom. The number of benzene rings is 8. The summed E-state index contributed by atoms with van der Waals surface area (Å²) in [6.07, 6.45) is 6.76. The van der Waals surface area contributed by atoms with Crippen molar-refractivity contribution in [3.63, 3.8) is 0 Å². The van der Waals surface area contributed by atoms with E-state index in [0.29, 0.717) is 5.56 Å². The Labute approximate surface area is 494 Å². The molecule has 10 aromatic rings. The van der Waals surface area contributed by atoms with E-state index in [1.807, 2.05) is 34.8 Å². The minimum atomic E-state index is -2.25. The number of thiophene rings is 2. The van der Waals surface area contributed by atoms with Crippen LogP contribution in [0, 0.1) is 6.85 Å². The summed E-state index contributed by atoms with van der Waals surface area (Å²) < 4.78 is 30.9. The molecular formula is C75H76BN3S2. The Bertz CT molecular complexity index is 4400. The first-order chi connectivity index (χ1) is 39.7. The van der Waals surface area contributed by atoms with Crippen LogP contribution in [-0.2, 0) is 32.5 Å². The summed E-state index contributed by atoms with van der Waals surface area (Å²) in [4.78, 5) is 7.72. The maximum atomic E-state index is 8.58. The maximum Gasteiger partial charge on any atom is 0.264 e. The molecule has 0 atom stereocenters. The fourth-order valence-electron chi connectivity index (χ4n) is 15.5. The summed E-state index contributed by atoms with van der Waals surface area (Å²) in [7, 11) is 0. The van der Waals surface area contributed by atoms with Gasteiger partial charge in [0.1, 0.15) is 0 Å². The van der Waals surface area contributed by atoms with E-state index in [4.69, 9.17) is 4.11 Å². The highest BCUT2D eigenvalue weighted by molar-refractivity contribution is 7.33. The van der Waals surface area contributed by atoms with Gasteiger partial charge in [-0.3, -0.25) is 0 Å². The lowest BCUT2D eigenvalue weighted by atomic mass is 9.35. The average molecular weight is 1100 g/mol. The van der Waals surface area contributed by atoms with Crippen LogP contribution in [-0.4, -0.2) is 6.71 Å². The molecule has 2 aromatic heterocycles. The zero-order chi connectivity index (χ0) is 58.6. The van der Waals surface area contributed by atoms with Gasteiger partial charge in [-0.15, -0.1) is 22.7 Å². The highest BCUT2D eigenvalue weighted by Crippen LogP contribution is 2.57. The number of anilines is 9. The minimum Gasteiger partial charge on any atom is -0.311 e. The van der Waals surface area contributed by atoms with Gasteiger partial charge in [-0.1, -0.05) is 155 Å². The van der Waals surface area contributed by atoms with Crippen LogP contribution in [0.1, 0.15) is 165 Å². The Balaban J connectivity index is 1.11. The standard InChI is InChI=1S/C75H76BN3S2/c1-45-23-25-47(26-24-45)79-63-39-50(77(46-19-15-14-16-20-46)49-27-29-52-51-21-17-18-22-64(51)80-65(52)40-49)38-62-67(63)76(69-68(79)53-41-56-59(44-66(53)81-69)75(12,13)36-33-72(56,6)7)60-42-57-58(74(10,11)35-34-73(57,8)9)43-61(60)78(62)48-28-30-54-55(37-48)71(4,5)32-31-70(54,2)3/h14-30,37-44H,31-36H2,1-13H3/i1D3. The van der Waals surface area contributed by atoms with Crippen molar-refractivity contribution in [3.8, 4) is 0 Å². The molecule has 8 aromatic carbocycles. The monoisotopic (exact) mass is 1100 g/mol. The van der Waals surface area contributed by atoms with Crippen LogP contribution in [0.2, 0.25) is 0 Å². The first-order valence-corrected chi connectivity index (χ1v) is 31.4. The SMILES string of the molecule is [2H]C([2H])([2H])c1ccc(N2c3cc(N(c4ccccc4)c4ccc5c(c4)sc4ccccc45)cc4c3B(c3cc5c(cc3N4c3ccc4c(c3)C(C)(C)CCC4(C)C)C(C)(C)CCC5(C)C)c3sc4cc5c(cc4c32)C(C)(C)CCC5(C)C)cc1. The molecule has 3 aliphatic carbocycles. The smallest absolute Gasteiger partial charge is 0.264 e. The van der Waals surface area contributed by atoms with Crippen molar-refractivity contribution < 1.29 is 4.11 Å². The topological polar surface area (TPSA) is 9.72 Å². The molecule has 81 heavy (non-hydrogen) atoms. The Morgan fingerprint density at radius 3 is 1.62 bits per heavy atom. The van der Waals surface area contributed by atoms with Crippen molar-refractivity contribution >= 4 is 127 Å². The van der Waals surface area contributed by atoms with Crippen LogP contribution in [0.15, 0.2) is 152 Å². The normalized spacial score (nSPS) is 19.9. The second-order valence-electron chi connectivity index (χ2n) is 28.7. The third-order valence-electron chi connectivity index (χ3n) is 20.7. The summed E-state index contributed by atoms with van der Waals surface area (Å²) in [6, 6.07) is 57.6. The van der Waals surface area contributed by atoms with E-state index in [2.05, 4.69) is 237 Å². The number of aryl methyl sites for hydroxylation is 1. The van der Waals surface area contributed by atoms with Gasteiger partial charge < -0.3 is 14.7 Å². The highest BCUT2D eigenvalue weighted by atomic mass is 32.1. The Kier molecular flexibility index (Phi) is 10.2. The number of hydrogen-bond donors (Lipinski definition) is 0. The average Bonchev–Trinajstić information content (AvgIpc) is 1.20. The van der Waals surface area contributed by atoms with Crippen LogP contribution in [0.25, 0.3) is 30.3 Å². The van der Waals surface area contributed by atoms with Gasteiger partial charge in [0.2, 0.25) is 0 Å². The summed E-state index contributed by atoms with van der Waals surface area (Å²) in [5, 5.41) is 3.81. The van der Waals surface area contributed by atoms with Gasteiger partial charge in [0.05, 0.1) is 11.4 Å². The summed E-state index contributed by atoms with van der Waals surface area (Å²) in [5.41, 5.74) is 21.7. The molecule has 0 fully saturated rings. The van der Waals surface area contributed by atoms with Gasteiger partial charge in [-0.25, -0.2) is 0 Å².